The fourth-order valence-corrected chi connectivity index (χ4v) is 2.01. The lowest BCUT2D eigenvalue weighted by atomic mass is 10.2. The maximum absolute atomic E-state index is 5.70. The van der Waals surface area contributed by atoms with Gasteiger partial charge in [0.15, 0.2) is 0 Å². The topological polar surface area (TPSA) is 49.2 Å². The zero-order valence-electron chi connectivity index (χ0n) is 10.0. The summed E-state index contributed by atoms with van der Waals surface area (Å²) in [5.74, 6) is 0.863. The normalized spacial score (nSPS) is 19.0. The minimum absolute atomic E-state index is 0.252. The van der Waals surface area contributed by atoms with Crippen molar-refractivity contribution in [2.24, 2.45) is 0 Å². The molecule has 0 aliphatic carbocycles. The lowest BCUT2D eigenvalue weighted by molar-refractivity contribution is 0.0679. The van der Waals surface area contributed by atoms with Gasteiger partial charge in [0.25, 0.3) is 0 Å². The van der Waals surface area contributed by atoms with Crippen molar-refractivity contribution in [3.05, 3.63) is 36.9 Å². The number of ether oxygens (including phenoxy) is 2. The van der Waals surface area contributed by atoms with Gasteiger partial charge in [-0.1, -0.05) is 0 Å². The molecular formula is C13H15N3O2. The van der Waals surface area contributed by atoms with E-state index in [0.717, 1.165) is 30.9 Å². The molecule has 0 spiro atoms. The van der Waals surface area contributed by atoms with Crippen LogP contribution in [0.5, 0.6) is 5.75 Å². The highest BCUT2D eigenvalue weighted by atomic mass is 16.5. The number of rotatable bonds is 4. The molecule has 2 heterocycles. The van der Waals surface area contributed by atoms with Crippen molar-refractivity contribution in [2.45, 2.75) is 18.9 Å². The Balaban J connectivity index is 1.60. The van der Waals surface area contributed by atoms with Crippen molar-refractivity contribution in [3.63, 3.8) is 0 Å². The fraction of sp³-hybridized carbons (Fsp3) is 0.385. The Morgan fingerprint density at radius 1 is 1.22 bits per heavy atom. The van der Waals surface area contributed by atoms with Gasteiger partial charge in [-0.05, 0) is 37.1 Å². The van der Waals surface area contributed by atoms with Crippen LogP contribution >= 0.6 is 0 Å². The van der Waals surface area contributed by atoms with Crippen LogP contribution in [0.3, 0.4) is 0 Å². The molecule has 0 unspecified atom stereocenters. The van der Waals surface area contributed by atoms with E-state index in [0.29, 0.717) is 6.61 Å². The fourth-order valence-electron chi connectivity index (χ4n) is 2.01. The number of aromatic nitrogens is 3. The molecule has 0 bridgehead atoms. The van der Waals surface area contributed by atoms with E-state index in [9.17, 15) is 0 Å². The Labute approximate surface area is 105 Å². The average molecular weight is 245 g/mol. The Morgan fingerprint density at radius 3 is 2.67 bits per heavy atom. The van der Waals surface area contributed by atoms with Crippen LogP contribution in [0.2, 0.25) is 0 Å². The predicted molar refractivity (Wildman–Crippen MR) is 65.8 cm³/mol. The van der Waals surface area contributed by atoms with Gasteiger partial charge in [-0.3, -0.25) is 4.57 Å². The Morgan fingerprint density at radius 2 is 2.00 bits per heavy atom. The molecule has 1 saturated heterocycles. The standard InChI is InChI=1S/C13H15N3O2/c1-2-13(17-7-1)8-18-12-5-3-11(4-6-12)16-9-14-15-10-16/h3-6,9-10,13H,1-2,7-8H2/t13-/m0/s1. The Hall–Kier alpha value is -1.88. The second kappa shape index (κ2) is 5.18. The van der Waals surface area contributed by atoms with Crippen molar-refractivity contribution in [2.75, 3.05) is 13.2 Å². The van der Waals surface area contributed by atoms with Crippen molar-refractivity contribution < 1.29 is 9.47 Å². The van der Waals surface area contributed by atoms with Crippen LogP contribution in [0.15, 0.2) is 36.9 Å². The van der Waals surface area contributed by atoms with Crippen LogP contribution in [0.1, 0.15) is 12.8 Å². The molecule has 0 saturated carbocycles. The van der Waals surface area contributed by atoms with E-state index >= 15 is 0 Å². The van der Waals surface area contributed by atoms with Crippen molar-refractivity contribution in [1.82, 2.24) is 14.8 Å². The monoisotopic (exact) mass is 245 g/mol. The minimum Gasteiger partial charge on any atom is -0.491 e. The van der Waals surface area contributed by atoms with E-state index in [4.69, 9.17) is 9.47 Å². The molecule has 1 aromatic heterocycles. The first-order chi connectivity index (χ1) is 8.92. The first-order valence-electron chi connectivity index (χ1n) is 6.11. The van der Waals surface area contributed by atoms with Gasteiger partial charge < -0.3 is 9.47 Å². The van der Waals surface area contributed by atoms with Gasteiger partial charge >= 0.3 is 0 Å². The lowest BCUT2D eigenvalue weighted by Crippen LogP contribution is -2.16. The number of benzene rings is 1. The van der Waals surface area contributed by atoms with Crippen LogP contribution in [0.4, 0.5) is 0 Å². The Bertz CT molecular complexity index is 475. The molecule has 5 nitrogen and oxygen atoms in total. The summed E-state index contributed by atoms with van der Waals surface area (Å²) in [6.07, 6.45) is 5.83. The van der Waals surface area contributed by atoms with E-state index in [1.165, 1.54) is 0 Å². The number of hydrogen-bond donors (Lipinski definition) is 0. The first kappa shape index (κ1) is 11.2. The molecule has 18 heavy (non-hydrogen) atoms. The van der Waals surface area contributed by atoms with E-state index in [1.54, 1.807) is 12.7 Å². The first-order valence-corrected chi connectivity index (χ1v) is 6.11. The van der Waals surface area contributed by atoms with Gasteiger partial charge in [0.2, 0.25) is 0 Å². The molecule has 2 aromatic rings. The second-order valence-corrected chi connectivity index (χ2v) is 4.31. The van der Waals surface area contributed by atoms with Crippen LogP contribution in [-0.2, 0) is 4.74 Å². The molecule has 1 aliphatic rings. The molecule has 5 heteroatoms. The zero-order valence-corrected chi connectivity index (χ0v) is 10.0. The molecule has 0 radical (unpaired) electrons. The molecule has 1 atom stereocenters. The van der Waals surface area contributed by atoms with Crippen molar-refractivity contribution >= 4 is 0 Å². The number of nitrogens with zero attached hydrogens (tertiary/aromatic N) is 3. The SMILES string of the molecule is c1cc(-n2cnnc2)ccc1OC[C@@H]1CCCO1. The second-order valence-electron chi connectivity index (χ2n) is 4.31. The van der Waals surface area contributed by atoms with E-state index in [-0.39, 0.29) is 6.10 Å². The van der Waals surface area contributed by atoms with Crippen molar-refractivity contribution in [3.8, 4) is 11.4 Å². The highest BCUT2D eigenvalue weighted by Gasteiger charge is 2.15. The summed E-state index contributed by atoms with van der Waals surface area (Å²) in [4.78, 5) is 0. The summed E-state index contributed by atoms with van der Waals surface area (Å²) >= 11 is 0. The lowest BCUT2D eigenvalue weighted by Gasteiger charge is -2.11. The molecule has 0 amide bonds. The number of hydrogen-bond acceptors (Lipinski definition) is 4. The third kappa shape index (κ3) is 2.51. The van der Waals surface area contributed by atoms with Crippen LogP contribution in [0.25, 0.3) is 5.69 Å². The van der Waals surface area contributed by atoms with E-state index in [2.05, 4.69) is 10.2 Å². The smallest absolute Gasteiger partial charge is 0.123 e. The molecule has 0 N–H and O–H groups in total. The van der Waals surface area contributed by atoms with Gasteiger partial charge in [-0.2, -0.15) is 0 Å². The molecule has 3 rings (SSSR count). The molecule has 1 aliphatic heterocycles. The third-order valence-electron chi connectivity index (χ3n) is 3.01. The zero-order chi connectivity index (χ0) is 12.2. The molecule has 94 valence electrons. The van der Waals surface area contributed by atoms with Gasteiger partial charge in [0, 0.05) is 12.3 Å². The molecule has 1 aromatic carbocycles. The summed E-state index contributed by atoms with van der Waals surface area (Å²) in [6.45, 7) is 1.49. The summed E-state index contributed by atoms with van der Waals surface area (Å²) in [5, 5.41) is 7.55. The maximum Gasteiger partial charge on any atom is 0.123 e. The van der Waals surface area contributed by atoms with Gasteiger partial charge in [-0.25, -0.2) is 0 Å². The van der Waals surface area contributed by atoms with E-state index in [1.807, 2.05) is 28.8 Å². The van der Waals surface area contributed by atoms with Gasteiger partial charge in [0.1, 0.15) is 25.0 Å². The van der Waals surface area contributed by atoms with Gasteiger partial charge in [-0.15, -0.1) is 10.2 Å². The predicted octanol–water partition coefficient (Wildman–Crippen LogP) is 1.83. The highest BCUT2D eigenvalue weighted by molar-refractivity contribution is 5.36. The summed E-state index contributed by atoms with van der Waals surface area (Å²) in [7, 11) is 0. The largest absolute Gasteiger partial charge is 0.491 e. The summed E-state index contributed by atoms with van der Waals surface area (Å²) in [6, 6.07) is 7.86. The van der Waals surface area contributed by atoms with E-state index < -0.39 is 0 Å². The average Bonchev–Trinajstić information content (AvgIpc) is 3.10. The maximum atomic E-state index is 5.70. The summed E-state index contributed by atoms with van der Waals surface area (Å²) < 4.78 is 13.1. The highest BCUT2D eigenvalue weighted by Crippen LogP contribution is 2.17. The van der Waals surface area contributed by atoms with Crippen LogP contribution in [0, 0.1) is 0 Å². The summed E-state index contributed by atoms with van der Waals surface area (Å²) in [5.41, 5.74) is 1.02. The van der Waals surface area contributed by atoms with Crippen LogP contribution < -0.4 is 4.74 Å². The quantitative estimate of drug-likeness (QED) is 0.824. The minimum atomic E-state index is 0.252. The third-order valence-corrected chi connectivity index (χ3v) is 3.01. The van der Waals surface area contributed by atoms with Crippen LogP contribution in [-0.4, -0.2) is 34.1 Å². The van der Waals surface area contributed by atoms with Gasteiger partial charge in [0.05, 0.1) is 6.10 Å². The Kier molecular flexibility index (Phi) is 3.23. The van der Waals surface area contributed by atoms with Crippen molar-refractivity contribution in [1.29, 1.82) is 0 Å². The molecule has 1 fully saturated rings. The molecular weight excluding hydrogens is 230 g/mol.